The Hall–Kier alpha value is -2.29. The maximum atomic E-state index is 12.2. The van der Waals surface area contributed by atoms with Crippen molar-refractivity contribution >= 4 is 34.3 Å². The largest absolute Gasteiger partial charge is 0.465 e. The first-order valence-corrected chi connectivity index (χ1v) is 9.04. The van der Waals surface area contributed by atoms with Crippen LogP contribution in [0.5, 0.6) is 0 Å². The molecule has 1 aliphatic rings. The van der Waals surface area contributed by atoms with Gasteiger partial charge in [0, 0.05) is 26.2 Å². The zero-order valence-electron chi connectivity index (χ0n) is 15.1. The summed E-state index contributed by atoms with van der Waals surface area (Å²) < 4.78 is 17.6. The average molecular weight is 391 g/mol. The molecule has 1 saturated heterocycles. The van der Waals surface area contributed by atoms with Gasteiger partial charge in [0.1, 0.15) is 5.82 Å². The SMILES string of the molecule is COCc1cc2c(cc1C(=O)OC)nc(Cl)c1nnc(C3CCOCC3)n12. The van der Waals surface area contributed by atoms with Gasteiger partial charge in [0.2, 0.25) is 0 Å². The molecule has 0 spiro atoms. The highest BCUT2D eigenvalue weighted by Gasteiger charge is 2.25. The summed E-state index contributed by atoms with van der Waals surface area (Å²) in [5.74, 6) is 0.605. The minimum atomic E-state index is -0.449. The molecule has 142 valence electrons. The van der Waals surface area contributed by atoms with Gasteiger partial charge in [0.25, 0.3) is 0 Å². The quantitative estimate of drug-likeness (QED) is 0.633. The molecule has 0 aliphatic carbocycles. The Morgan fingerprint density at radius 2 is 2.07 bits per heavy atom. The number of hydrogen-bond acceptors (Lipinski definition) is 7. The topological polar surface area (TPSA) is 87.8 Å². The van der Waals surface area contributed by atoms with Crippen molar-refractivity contribution in [3.63, 3.8) is 0 Å². The predicted molar refractivity (Wildman–Crippen MR) is 98.1 cm³/mol. The third kappa shape index (κ3) is 3.13. The lowest BCUT2D eigenvalue weighted by atomic mass is 9.99. The van der Waals surface area contributed by atoms with Crippen LogP contribution in [-0.4, -0.2) is 53.0 Å². The van der Waals surface area contributed by atoms with E-state index in [2.05, 4.69) is 15.2 Å². The summed E-state index contributed by atoms with van der Waals surface area (Å²) >= 11 is 6.36. The van der Waals surface area contributed by atoms with Crippen LogP contribution in [0.25, 0.3) is 16.7 Å². The molecule has 0 saturated carbocycles. The molecular weight excluding hydrogens is 372 g/mol. The molecule has 0 bridgehead atoms. The van der Waals surface area contributed by atoms with Crippen LogP contribution in [0.1, 0.15) is 40.5 Å². The first-order valence-electron chi connectivity index (χ1n) is 8.66. The van der Waals surface area contributed by atoms with E-state index in [1.807, 2.05) is 10.5 Å². The zero-order chi connectivity index (χ0) is 19.0. The molecule has 0 amide bonds. The fourth-order valence-corrected chi connectivity index (χ4v) is 3.72. The van der Waals surface area contributed by atoms with Crippen LogP contribution in [0.15, 0.2) is 12.1 Å². The third-order valence-corrected chi connectivity index (χ3v) is 5.08. The molecule has 0 unspecified atom stereocenters. The number of carbonyl (C=O) groups is 1. The Morgan fingerprint density at radius 1 is 1.30 bits per heavy atom. The third-order valence-electron chi connectivity index (χ3n) is 4.82. The summed E-state index contributed by atoms with van der Waals surface area (Å²) in [6.45, 7) is 1.65. The molecule has 4 rings (SSSR count). The Bertz CT molecular complexity index is 1010. The van der Waals surface area contributed by atoms with E-state index < -0.39 is 5.97 Å². The summed E-state index contributed by atoms with van der Waals surface area (Å²) in [7, 11) is 2.92. The number of aromatic nitrogens is 4. The van der Waals surface area contributed by atoms with Gasteiger partial charge in [-0.15, -0.1) is 10.2 Å². The number of carbonyl (C=O) groups excluding carboxylic acids is 1. The van der Waals surface area contributed by atoms with E-state index in [1.165, 1.54) is 7.11 Å². The number of nitrogens with zero attached hydrogens (tertiary/aromatic N) is 4. The molecule has 2 aromatic heterocycles. The first-order chi connectivity index (χ1) is 13.1. The zero-order valence-corrected chi connectivity index (χ0v) is 15.8. The number of benzene rings is 1. The molecule has 0 atom stereocenters. The van der Waals surface area contributed by atoms with Gasteiger partial charge in [0.15, 0.2) is 10.8 Å². The fourth-order valence-electron chi connectivity index (χ4n) is 3.51. The van der Waals surface area contributed by atoms with Gasteiger partial charge in [-0.2, -0.15) is 0 Å². The first kappa shape index (κ1) is 18.1. The van der Waals surface area contributed by atoms with E-state index in [4.69, 9.17) is 25.8 Å². The van der Waals surface area contributed by atoms with Crippen LogP contribution < -0.4 is 0 Å². The van der Waals surface area contributed by atoms with E-state index in [9.17, 15) is 4.79 Å². The van der Waals surface area contributed by atoms with Crippen LogP contribution in [0.2, 0.25) is 5.15 Å². The molecule has 0 N–H and O–H groups in total. The number of fused-ring (bicyclic) bond motifs is 3. The van der Waals surface area contributed by atoms with E-state index in [-0.39, 0.29) is 17.7 Å². The maximum Gasteiger partial charge on any atom is 0.338 e. The van der Waals surface area contributed by atoms with E-state index in [1.54, 1.807) is 13.2 Å². The number of esters is 1. The van der Waals surface area contributed by atoms with Gasteiger partial charge in [0.05, 0.1) is 30.3 Å². The Balaban J connectivity index is 1.99. The standard InChI is InChI=1S/C18H19ClN4O4/c1-25-9-11-7-14-13(8-12(11)18(24)26-2)20-15(19)17-22-21-16(23(14)17)10-3-5-27-6-4-10/h7-8,10H,3-6,9H2,1-2H3. The summed E-state index contributed by atoms with van der Waals surface area (Å²) in [6.07, 6.45) is 1.74. The van der Waals surface area contributed by atoms with Crippen LogP contribution in [0.4, 0.5) is 0 Å². The molecule has 1 aliphatic heterocycles. The number of methoxy groups -OCH3 is 2. The number of halogens is 1. The lowest BCUT2D eigenvalue weighted by Crippen LogP contribution is -2.17. The molecule has 27 heavy (non-hydrogen) atoms. The van der Waals surface area contributed by atoms with Crippen LogP contribution in [0, 0.1) is 0 Å². The molecular formula is C18H19ClN4O4. The van der Waals surface area contributed by atoms with Crippen molar-refractivity contribution in [1.82, 2.24) is 19.6 Å². The number of rotatable bonds is 4. The Kier molecular flexibility index (Phi) is 4.94. The summed E-state index contributed by atoms with van der Waals surface area (Å²) in [5.41, 5.74) is 2.95. The van der Waals surface area contributed by atoms with Gasteiger partial charge < -0.3 is 14.2 Å². The van der Waals surface area contributed by atoms with Gasteiger partial charge in [-0.25, -0.2) is 9.78 Å². The highest BCUT2D eigenvalue weighted by Crippen LogP contribution is 2.31. The lowest BCUT2D eigenvalue weighted by Gasteiger charge is -2.21. The fraction of sp³-hybridized carbons (Fsp3) is 0.444. The minimum absolute atomic E-state index is 0.224. The lowest BCUT2D eigenvalue weighted by molar-refractivity contribution is 0.0596. The molecule has 3 aromatic rings. The second kappa shape index (κ2) is 7.38. The highest BCUT2D eigenvalue weighted by atomic mass is 35.5. The predicted octanol–water partition coefficient (Wildman–Crippen LogP) is 2.76. The van der Waals surface area contributed by atoms with Gasteiger partial charge in [-0.05, 0) is 30.5 Å². The van der Waals surface area contributed by atoms with E-state index >= 15 is 0 Å². The second-order valence-electron chi connectivity index (χ2n) is 6.43. The highest BCUT2D eigenvalue weighted by molar-refractivity contribution is 6.32. The van der Waals surface area contributed by atoms with Crippen molar-refractivity contribution in [3.05, 3.63) is 34.2 Å². The monoisotopic (exact) mass is 390 g/mol. The summed E-state index contributed by atoms with van der Waals surface area (Å²) in [4.78, 5) is 16.6. The van der Waals surface area contributed by atoms with Crippen molar-refractivity contribution in [2.24, 2.45) is 0 Å². The molecule has 1 fully saturated rings. The summed E-state index contributed by atoms with van der Waals surface area (Å²) in [5, 5.41) is 8.88. The van der Waals surface area contributed by atoms with Crippen molar-refractivity contribution in [2.45, 2.75) is 25.4 Å². The Morgan fingerprint density at radius 3 is 2.78 bits per heavy atom. The molecule has 8 nitrogen and oxygen atoms in total. The Labute approximate surface area is 160 Å². The van der Waals surface area contributed by atoms with Crippen molar-refractivity contribution < 1.29 is 19.0 Å². The van der Waals surface area contributed by atoms with Crippen LogP contribution in [-0.2, 0) is 20.8 Å². The summed E-state index contributed by atoms with van der Waals surface area (Å²) in [6, 6.07) is 3.54. The molecule has 9 heteroatoms. The second-order valence-corrected chi connectivity index (χ2v) is 6.79. The molecule has 3 heterocycles. The minimum Gasteiger partial charge on any atom is -0.465 e. The van der Waals surface area contributed by atoms with E-state index in [0.717, 1.165) is 24.2 Å². The maximum absolute atomic E-state index is 12.2. The van der Waals surface area contributed by atoms with Crippen molar-refractivity contribution in [3.8, 4) is 0 Å². The van der Waals surface area contributed by atoms with E-state index in [0.29, 0.717) is 35.5 Å². The molecule has 0 radical (unpaired) electrons. The smallest absolute Gasteiger partial charge is 0.338 e. The average Bonchev–Trinajstić information content (AvgIpc) is 3.14. The van der Waals surface area contributed by atoms with Gasteiger partial charge in [-0.1, -0.05) is 11.6 Å². The van der Waals surface area contributed by atoms with Crippen molar-refractivity contribution in [2.75, 3.05) is 27.4 Å². The van der Waals surface area contributed by atoms with Crippen LogP contribution >= 0.6 is 11.6 Å². The molecule has 1 aromatic carbocycles. The number of hydrogen-bond donors (Lipinski definition) is 0. The van der Waals surface area contributed by atoms with Crippen LogP contribution in [0.3, 0.4) is 0 Å². The number of ether oxygens (including phenoxy) is 3. The normalized spacial score (nSPS) is 15.5. The van der Waals surface area contributed by atoms with Gasteiger partial charge >= 0.3 is 5.97 Å². The van der Waals surface area contributed by atoms with Crippen molar-refractivity contribution in [1.29, 1.82) is 0 Å². The van der Waals surface area contributed by atoms with Gasteiger partial charge in [-0.3, -0.25) is 4.40 Å².